The average Bonchev–Trinajstić information content (AvgIpc) is 2.06. The third-order valence-corrected chi connectivity index (χ3v) is 2.90. The summed E-state index contributed by atoms with van der Waals surface area (Å²) < 4.78 is 14.0. The second-order valence-electron chi connectivity index (χ2n) is 3.90. The van der Waals surface area contributed by atoms with Gasteiger partial charge in [0, 0.05) is 12.5 Å². The topological polar surface area (TPSA) is 12.0 Å². The molecule has 70 valence electrons. The van der Waals surface area contributed by atoms with Gasteiger partial charge in [-0.25, -0.2) is 4.39 Å². The Bertz CT molecular complexity index is 169. The summed E-state index contributed by atoms with van der Waals surface area (Å²) in [6.45, 7) is 8.94. The van der Waals surface area contributed by atoms with Crippen molar-refractivity contribution in [3.63, 3.8) is 0 Å². The van der Waals surface area contributed by atoms with Gasteiger partial charge in [-0.3, -0.25) is 0 Å². The lowest BCUT2D eigenvalue weighted by atomic mass is 9.81. The number of rotatable bonds is 2. The van der Waals surface area contributed by atoms with Gasteiger partial charge >= 0.3 is 0 Å². The fourth-order valence-corrected chi connectivity index (χ4v) is 1.66. The summed E-state index contributed by atoms with van der Waals surface area (Å²) in [5.74, 6) is 0.115. The first-order valence-corrected chi connectivity index (χ1v) is 4.60. The van der Waals surface area contributed by atoms with Gasteiger partial charge in [0.25, 0.3) is 0 Å². The largest absolute Gasteiger partial charge is 0.316 e. The summed E-state index contributed by atoms with van der Waals surface area (Å²) in [4.78, 5) is 0. The molecule has 0 aromatic carbocycles. The molecule has 1 aliphatic heterocycles. The van der Waals surface area contributed by atoms with Crippen LogP contribution in [0.1, 0.15) is 26.7 Å². The van der Waals surface area contributed by atoms with Crippen molar-refractivity contribution < 1.29 is 4.39 Å². The third-order valence-electron chi connectivity index (χ3n) is 2.90. The molecule has 1 saturated heterocycles. The average molecular weight is 171 g/mol. The van der Waals surface area contributed by atoms with Crippen LogP contribution < -0.4 is 5.32 Å². The van der Waals surface area contributed by atoms with Crippen molar-refractivity contribution in [3.8, 4) is 0 Å². The minimum absolute atomic E-state index is 0.115. The first kappa shape index (κ1) is 9.72. The Labute approximate surface area is 74.0 Å². The zero-order valence-corrected chi connectivity index (χ0v) is 7.99. The molecule has 1 rings (SSSR count). The second kappa shape index (κ2) is 3.56. The molecule has 2 heteroatoms. The first-order chi connectivity index (χ1) is 5.55. The molecular weight excluding hydrogens is 153 g/mol. The molecule has 1 heterocycles. The van der Waals surface area contributed by atoms with Gasteiger partial charge in [-0.2, -0.15) is 0 Å². The van der Waals surface area contributed by atoms with E-state index < -0.39 is 5.67 Å². The Morgan fingerprint density at radius 2 is 2.33 bits per heavy atom. The first-order valence-electron chi connectivity index (χ1n) is 4.60. The van der Waals surface area contributed by atoms with Crippen LogP contribution in [0.25, 0.3) is 0 Å². The van der Waals surface area contributed by atoms with Crippen molar-refractivity contribution in [2.24, 2.45) is 5.92 Å². The Kier molecular flexibility index (Phi) is 2.89. The van der Waals surface area contributed by atoms with E-state index in [2.05, 4.69) is 11.9 Å². The molecule has 2 unspecified atom stereocenters. The number of nitrogens with one attached hydrogen (secondary N) is 1. The number of alkyl halides is 1. The van der Waals surface area contributed by atoms with Crippen molar-refractivity contribution in [1.82, 2.24) is 5.32 Å². The molecule has 0 saturated carbocycles. The molecule has 0 spiro atoms. The van der Waals surface area contributed by atoms with E-state index in [-0.39, 0.29) is 5.92 Å². The SMILES string of the molecule is C=C(C)C(C)(F)C1CCCNC1. The molecular formula is C10H18FN. The molecule has 2 atom stereocenters. The van der Waals surface area contributed by atoms with Crippen LogP contribution in [-0.4, -0.2) is 18.8 Å². The highest BCUT2D eigenvalue weighted by molar-refractivity contribution is 5.11. The van der Waals surface area contributed by atoms with E-state index in [0.717, 1.165) is 25.9 Å². The predicted octanol–water partition coefficient (Wildman–Crippen LogP) is 2.29. The van der Waals surface area contributed by atoms with Crippen molar-refractivity contribution in [2.45, 2.75) is 32.4 Å². The Morgan fingerprint density at radius 3 is 2.75 bits per heavy atom. The summed E-state index contributed by atoms with van der Waals surface area (Å²) in [5.41, 5.74) is -0.538. The fourth-order valence-electron chi connectivity index (χ4n) is 1.66. The number of hydrogen-bond acceptors (Lipinski definition) is 1. The molecule has 1 N–H and O–H groups in total. The van der Waals surface area contributed by atoms with Crippen LogP contribution in [0.2, 0.25) is 0 Å². The lowest BCUT2D eigenvalue weighted by Gasteiger charge is -2.34. The van der Waals surface area contributed by atoms with Crippen LogP contribution in [0.4, 0.5) is 4.39 Å². The van der Waals surface area contributed by atoms with Crippen molar-refractivity contribution >= 4 is 0 Å². The normalized spacial score (nSPS) is 29.4. The number of allylic oxidation sites excluding steroid dienone is 1. The van der Waals surface area contributed by atoms with Crippen molar-refractivity contribution in [2.75, 3.05) is 13.1 Å². The van der Waals surface area contributed by atoms with E-state index >= 15 is 0 Å². The summed E-state index contributed by atoms with van der Waals surface area (Å²) in [6.07, 6.45) is 2.06. The molecule has 1 fully saturated rings. The van der Waals surface area contributed by atoms with E-state index in [1.165, 1.54) is 0 Å². The van der Waals surface area contributed by atoms with Crippen LogP contribution in [0, 0.1) is 5.92 Å². The Hall–Kier alpha value is -0.370. The zero-order chi connectivity index (χ0) is 9.19. The summed E-state index contributed by atoms with van der Waals surface area (Å²) in [6, 6.07) is 0. The third kappa shape index (κ3) is 1.86. The molecule has 1 aliphatic rings. The van der Waals surface area contributed by atoms with Crippen molar-refractivity contribution in [3.05, 3.63) is 12.2 Å². The maximum Gasteiger partial charge on any atom is 0.132 e. The van der Waals surface area contributed by atoms with Crippen LogP contribution in [0.5, 0.6) is 0 Å². The van der Waals surface area contributed by atoms with E-state index in [9.17, 15) is 4.39 Å². The quantitative estimate of drug-likeness (QED) is 0.628. The second-order valence-corrected chi connectivity index (χ2v) is 3.90. The smallest absolute Gasteiger partial charge is 0.132 e. The number of hydrogen-bond donors (Lipinski definition) is 1. The van der Waals surface area contributed by atoms with Crippen LogP contribution >= 0.6 is 0 Å². The van der Waals surface area contributed by atoms with Gasteiger partial charge in [-0.15, -0.1) is 0 Å². The highest BCUT2D eigenvalue weighted by atomic mass is 19.1. The molecule has 12 heavy (non-hydrogen) atoms. The molecule has 0 bridgehead atoms. The van der Waals surface area contributed by atoms with Gasteiger partial charge in [-0.05, 0) is 38.8 Å². The summed E-state index contributed by atoms with van der Waals surface area (Å²) in [7, 11) is 0. The monoisotopic (exact) mass is 171 g/mol. The number of halogens is 1. The summed E-state index contributed by atoms with van der Waals surface area (Å²) in [5, 5.41) is 3.21. The fraction of sp³-hybridized carbons (Fsp3) is 0.800. The van der Waals surface area contributed by atoms with E-state index in [4.69, 9.17) is 0 Å². The maximum atomic E-state index is 14.0. The van der Waals surface area contributed by atoms with Gasteiger partial charge < -0.3 is 5.32 Å². The van der Waals surface area contributed by atoms with E-state index in [1.807, 2.05) is 0 Å². The van der Waals surface area contributed by atoms with Crippen LogP contribution in [-0.2, 0) is 0 Å². The molecule has 1 nitrogen and oxygen atoms in total. The predicted molar refractivity (Wildman–Crippen MR) is 49.9 cm³/mol. The number of piperidine rings is 1. The summed E-state index contributed by atoms with van der Waals surface area (Å²) >= 11 is 0. The van der Waals surface area contributed by atoms with Crippen LogP contribution in [0.15, 0.2) is 12.2 Å². The van der Waals surface area contributed by atoms with Gasteiger partial charge in [-0.1, -0.05) is 6.58 Å². The molecule has 0 aromatic rings. The highest BCUT2D eigenvalue weighted by Gasteiger charge is 2.35. The Balaban J connectivity index is 2.59. The molecule has 0 aromatic heterocycles. The van der Waals surface area contributed by atoms with Gasteiger partial charge in [0.15, 0.2) is 0 Å². The minimum Gasteiger partial charge on any atom is -0.316 e. The highest BCUT2D eigenvalue weighted by Crippen LogP contribution is 2.32. The minimum atomic E-state index is -1.19. The van der Waals surface area contributed by atoms with E-state index in [1.54, 1.807) is 13.8 Å². The lowest BCUT2D eigenvalue weighted by molar-refractivity contribution is 0.121. The van der Waals surface area contributed by atoms with Gasteiger partial charge in [0.05, 0.1) is 0 Å². The lowest BCUT2D eigenvalue weighted by Crippen LogP contribution is -2.42. The van der Waals surface area contributed by atoms with Crippen molar-refractivity contribution in [1.29, 1.82) is 0 Å². The molecule has 0 aliphatic carbocycles. The zero-order valence-electron chi connectivity index (χ0n) is 7.99. The van der Waals surface area contributed by atoms with Crippen LogP contribution in [0.3, 0.4) is 0 Å². The Morgan fingerprint density at radius 1 is 1.67 bits per heavy atom. The maximum absolute atomic E-state index is 14.0. The standard InChI is InChI=1S/C10H18FN/c1-8(2)10(3,11)9-5-4-6-12-7-9/h9,12H,1,4-7H2,2-3H3. The molecule has 0 amide bonds. The molecule has 0 radical (unpaired) electrons. The van der Waals surface area contributed by atoms with Gasteiger partial charge in [0.1, 0.15) is 5.67 Å². The van der Waals surface area contributed by atoms with Gasteiger partial charge in [0.2, 0.25) is 0 Å². The van der Waals surface area contributed by atoms with E-state index in [0.29, 0.717) is 5.57 Å².